The van der Waals surface area contributed by atoms with E-state index in [0.29, 0.717) is 24.1 Å². The van der Waals surface area contributed by atoms with Gasteiger partial charge in [-0.15, -0.1) is 12.4 Å². The van der Waals surface area contributed by atoms with Crippen molar-refractivity contribution in [3.63, 3.8) is 0 Å². The second-order valence-corrected chi connectivity index (χ2v) is 7.81. The number of H-pyrrole nitrogens is 1. The average molecular weight is 404 g/mol. The van der Waals surface area contributed by atoms with Gasteiger partial charge in [-0.2, -0.15) is 0 Å². The van der Waals surface area contributed by atoms with Crippen molar-refractivity contribution in [1.82, 2.24) is 14.1 Å². The quantitative estimate of drug-likeness (QED) is 0.698. The Morgan fingerprint density at radius 1 is 1.21 bits per heavy atom. The molecule has 0 saturated carbocycles. The van der Waals surface area contributed by atoms with E-state index in [1.165, 1.54) is 7.05 Å². The summed E-state index contributed by atoms with van der Waals surface area (Å²) < 4.78 is 3.13. The molecule has 3 heterocycles. The first-order valence-electron chi connectivity index (χ1n) is 9.26. The normalized spacial score (nSPS) is 19.6. The number of aromatic amines is 1. The molecule has 0 bridgehead atoms. The van der Waals surface area contributed by atoms with E-state index in [0.717, 1.165) is 35.3 Å². The lowest BCUT2D eigenvalue weighted by atomic mass is 9.92. The molecule has 1 aromatic carbocycles. The number of rotatable bonds is 3. The smallest absolute Gasteiger partial charge is 0.328 e. The maximum atomic E-state index is 12.9. The molecule has 0 unspecified atom stereocenters. The minimum Gasteiger partial charge on any atom is -0.356 e. The van der Waals surface area contributed by atoms with Crippen LogP contribution in [0.2, 0.25) is 0 Å². The lowest BCUT2D eigenvalue weighted by Gasteiger charge is -2.39. The van der Waals surface area contributed by atoms with Crippen molar-refractivity contribution in [2.24, 2.45) is 12.8 Å². The Balaban J connectivity index is 0.00000225. The molecule has 3 N–H and O–H groups in total. The van der Waals surface area contributed by atoms with Gasteiger partial charge in [0.15, 0.2) is 0 Å². The Morgan fingerprint density at radius 2 is 1.93 bits per heavy atom. The number of aromatic nitrogens is 3. The van der Waals surface area contributed by atoms with E-state index in [1.807, 2.05) is 41.0 Å². The van der Waals surface area contributed by atoms with E-state index in [2.05, 4.69) is 16.8 Å². The molecular weight excluding hydrogens is 378 g/mol. The summed E-state index contributed by atoms with van der Waals surface area (Å²) in [5.74, 6) is 0.921. The number of hydrogen-bond acceptors (Lipinski definition) is 4. The van der Waals surface area contributed by atoms with Crippen LogP contribution in [0.4, 0.5) is 5.82 Å². The molecule has 0 amide bonds. The highest BCUT2D eigenvalue weighted by molar-refractivity contribution is 5.85. The van der Waals surface area contributed by atoms with Crippen LogP contribution in [0.15, 0.2) is 46.0 Å². The van der Waals surface area contributed by atoms with Gasteiger partial charge >= 0.3 is 5.69 Å². The number of piperidine rings is 1. The monoisotopic (exact) mass is 403 g/mol. The first-order chi connectivity index (χ1) is 12.9. The molecule has 0 radical (unpaired) electrons. The number of nitrogens with zero attached hydrogens (tertiary/aromatic N) is 3. The molecule has 4 rings (SSSR count). The highest BCUT2D eigenvalue weighted by atomic mass is 35.5. The van der Waals surface area contributed by atoms with E-state index in [4.69, 9.17) is 5.73 Å². The minimum absolute atomic E-state index is 0. The summed E-state index contributed by atoms with van der Waals surface area (Å²) in [6.07, 6.45) is 1.97. The summed E-state index contributed by atoms with van der Waals surface area (Å²) in [4.78, 5) is 30.0. The lowest BCUT2D eigenvalue weighted by Crippen LogP contribution is -2.52. The molecule has 1 atom stereocenters. The van der Waals surface area contributed by atoms with Gasteiger partial charge in [-0.3, -0.25) is 9.36 Å². The van der Waals surface area contributed by atoms with Crippen molar-refractivity contribution in [1.29, 1.82) is 0 Å². The third-order valence-electron chi connectivity index (χ3n) is 5.36. The van der Waals surface area contributed by atoms with Gasteiger partial charge in [0.25, 0.3) is 5.56 Å². The summed E-state index contributed by atoms with van der Waals surface area (Å²) in [5, 5.41) is 0. The zero-order valence-electron chi connectivity index (χ0n) is 16.1. The van der Waals surface area contributed by atoms with Crippen molar-refractivity contribution in [2.75, 3.05) is 18.0 Å². The number of hydrogen-bond donors (Lipinski definition) is 2. The number of anilines is 1. The Labute approximate surface area is 169 Å². The molecule has 150 valence electrons. The number of nitrogens with two attached hydrogens (primary N) is 1. The number of halogens is 1. The third kappa shape index (κ3) is 3.59. The Morgan fingerprint density at radius 3 is 2.61 bits per heavy atom. The van der Waals surface area contributed by atoms with Gasteiger partial charge in [-0.05, 0) is 25.3 Å². The predicted octanol–water partition coefficient (Wildman–Crippen LogP) is 1.82. The molecule has 0 aliphatic carbocycles. The molecule has 7 nitrogen and oxygen atoms in total. The lowest BCUT2D eigenvalue weighted by molar-refractivity contribution is 0.371. The molecule has 1 aliphatic rings. The molecule has 8 heteroatoms. The van der Waals surface area contributed by atoms with Gasteiger partial charge in [0, 0.05) is 38.3 Å². The van der Waals surface area contributed by atoms with Crippen molar-refractivity contribution in [3.05, 3.63) is 62.8 Å². The summed E-state index contributed by atoms with van der Waals surface area (Å²) >= 11 is 0. The van der Waals surface area contributed by atoms with Crippen LogP contribution in [0.5, 0.6) is 0 Å². The third-order valence-corrected chi connectivity index (χ3v) is 5.36. The first-order valence-corrected chi connectivity index (χ1v) is 9.26. The van der Waals surface area contributed by atoms with Crippen molar-refractivity contribution in [3.8, 4) is 0 Å². The van der Waals surface area contributed by atoms with E-state index in [9.17, 15) is 9.59 Å². The average Bonchev–Trinajstić information content (AvgIpc) is 2.98. The molecule has 0 spiro atoms. The first kappa shape index (κ1) is 20.2. The fraction of sp³-hybridized carbons (Fsp3) is 0.400. The minimum atomic E-state index is -0.404. The zero-order valence-corrected chi connectivity index (χ0v) is 17.0. The molecule has 1 saturated heterocycles. The fourth-order valence-electron chi connectivity index (χ4n) is 3.96. The summed E-state index contributed by atoms with van der Waals surface area (Å²) in [5.41, 5.74) is 7.62. The molecular formula is C20H26ClN5O2. The van der Waals surface area contributed by atoms with Gasteiger partial charge in [0.2, 0.25) is 0 Å². The second kappa shape index (κ2) is 7.48. The van der Waals surface area contributed by atoms with Crippen LogP contribution in [0, 0.1) is 0 Å². The highest BCUT2D eigenvalue weighted by Gasteiger charge is 2.29. The fourth-order valence-corrected chi connectivity index (χ4v) is 3.96. The van der Waals surface area contributed by atoms with Crippen LogP contribution >= 0.6 is 12.4 Å². The van der Waals surface area contributed by atoms with E-state index >= 15 is 0 Å². The second-order valence-electron chi connectivity index (χ2n) is 7.81. The van der Waals surface area contributed by atoms with Crippen LogP contribution < -0.4 is 21.9 Å². The van der Waals surface area contributed by atoms with Crippen LogP contribution in [-0.2, 0) is 13.6 Å². The Bertz CT molecular complexity index is 1100. The maximum absolute atomic E-state index is 12.9. The SMILES string of the molecule is Cl.Cn1c(=O)[nH]c2cc(N3CCC[C@@](C)(N)C3)n(Cc3ccccc3)c2c1=O. The van der Waals surface area contributed by atoms with Gasteiger partial charge in [0.1, 0.15) is 11.3 Å². The standard InChI is InChI=1S/C20H25N5O2.ClH/c1-20(21)9-6-10-24(13-20)16-11-15-17(18(26)23(2)19(27)22-15)25(16)12-14-7-4-3-5-8-14;/h3-5,7-8,11H,6,9-10,12-13,21H2,1-2H3,(H,22,27);1H/t20-;/m1./s1. The molecule has 1 fully saturated rings. The van der Waals surface area contributed by atoms with Crippen LogP contribution in [0.1, 0.15) is 25.3 Å². The Kier molecular flexibility index (Phi) is 5.41. The summed E-state index contributed by atoms with van der Waals surface area (Å²) in [6, 6.07) is 11.9. The van der Waals surface area contributed by atoms with E-state index < -0.39 is 5.69 Å². The van der Waals surface area contributed by atoms with Gasteiger partial charge in [-0.25, -0.2) is 4.79 Å². The molecule has 1 aliphatic heterocycles. The Hall–Kier alpha value is -2.51. The van der Waals surface area contributed by atoms with Gasteiger partial charge < -0.3 is 20.2 Å². The summed E-state index contributed by atoms with van der Waals surface area (Å²) in [6.45, 7) is 4.20. The van der Waals surface area contributed by atoms with Crippen molar-refractivity contribution >= 4 is 29.3 Å². The number of fused-ring (bicyclic) bond motifs is 1. The van der Waals surface area contributed by atoms with Crippen LogP contribution in [0.25, 0.3) is 11.0 Å². The molecule has 3 aromatic rings. The topological polar surface area (TPSA) is 89.0 Å². The summed E-state index contributed by atoms with van der Waals surface area (Å²) in [7, 11) is 1.50. The van der Waals surface area contributed by atoms with E-state index in [-0.39, 0.29) is 23.5 Å². The van der Waals surface area contributed by atoms with E-state index in [1.54, 1.807) is 0 Å². The van der Waals surface area contributed by atoms with Crippen molar-refractivity contribution in [2.45, 2.75) is 31.8 Å². The molecule has 28 heavy (non-hydrogen) atoms. The number of benzene rings is 1. The predicted molar refractivity (Wildman–Crippen MR) is 115 cm³/mol. The van der Waals surface area contributed by atoms with Gasteiger partial charge in [-0.1, -0.05) is 30.3 Å². The maximum Gasteiger partial charge on any atom is 0.328 e. The molecule has 2 aromatic heterocycles. The van der Waals surface area contributed by atoms with Gasteiger partial charge in [0.05, 0.1) is 5.52 Å². The zero-order chi connectivity index (χ0) is 19.2. The highest BCUT2D eigenvalue weighted by Crippen LogP contribution is 2.29. The largest absolute Gasteiger partial charge is 0.356 e. The number of nitrogens with one attached hydrogen (secondary N) is 1. The van der Waals surface area contributed by atoms with Crippen LogP contribution in [-0.4, -0.2) is 32.7 Å². The van der Waals surface area contributed by atoms with Crippen LogP contribution in [0.3, 0.4) is 0 Å². The van der Waals surface area contributed by atoms with Crippen molar-refractivity contribution < 1.29 is 0 Å².